The van der Waals surface area contributed by atoms with Crippen LogP contribution in [0.2, 0.25) is 0 Å². The van der Waals surface area contributed by atoms with E-state index < -0.39 is 0 Å². The zero-order chi connectivity index (χ0) is 17.5. The SMILES string of the molecule is O=C(NCCO)c1ccc(OCc2ccn(-c3ccccc3)n2)cc1. The number of benzene rings is 2. The van der Waals surface area contributed by atoms with Gasteiger partial charge in [-0.05, 0) is 42.5 Å². The van der Waals surface area contributed by atoms with Gasteiger partial charge in [-0.15, -0.1) is 0 Å². The lowest BCUT2D eigenvalue weighted by Gasteiger charge is -2.06. The number of para-hydroxylation sites is 1. The van der Waals surface area contributed by atoms with Gasteiger partial charge in [-0.3, -0.25) is 4.79 Å². The van der Waals surface area contributed by atoms with Crippen molar-refractivity contribution in [2.75, 3.05) is 13.2 Å². The van der Waals surface area contributed by atoms with Crippen LogP contribution in [0.25, 0.3) is 5.69 Å². The van der Waals surface area contributed by atoms with Crippen molar-refractivity contribution in [2.24, 2.45) is 0 Å². The van der Waals surface area contributed by atoms with E-state index in [2.05, 4.69) is 10.4 Å². The first kappa shape index (κ1) is 16.7. The molecule has 6 heteroatoms. The molecule has 2 aromatic carbocycles. The molecule has 0 aliphatic rings. The number of aromatic nitrogens is 2. The normalized spacial score (nSPS) is 10.4. The van der Waals surface area contributed by atoms with E-state index in [1.165, 1.54) is 0 Å². The number of aliphatic hydroxyl groups excluding tert-OH is 1. The fourth-order valence-electron chi connectivity index (χ4n) is 2.29. The van der Waals surface area contributed by atoms with Gasteiger partial charge in [0.25, 0.3) is 5.91 Å². The van der Waals surface area contributed by atoms with E-state index in [4.69, 9.17) is 9.84 Å². The number of nitrogens with one attached hydrogen (secondary N) is 1. The van der Waals surface area contributed by atoms with Crippen molar-refractivity contribution >= 4 is 5.91 Å². The molecular weight excluding hydrogens is 318 g/mol. The second kappa shape index (κ2) is 8.12. The zero-order valence-electron chi connectivity index (χ0n) is 13.6. The van der Waals surface area contributed by atoms with Gasteiger partial charge in [-0.2, -0.15) is 5.10 Å². The highest BCUT2D eigenvalue weighted by atomic mass is 16.5. The maximum absolute atomic E-state index is 11.8. The number of hydrogen-bond donors (Lipinski definition) is 2. The van der Waals surface area contributed by atoms with Crippen LogP contribution in [-0.2, 0) is 6.61 Å². The molecule has 3 rings (SSSR count). The Morgan fingerprint density at radius 3 is 2.56 bits per heavy atom. The summed E-state index contributed by atoms with van der Waals surface area (Å²) >= 11 is 0. The van der Waals surface area contributed by atoms with E-state index in [9.17, 15) is 4.79 Å². The lowest BCUT2D eigenvalue weighted by atomic mass is 10.2. The van der Waals surface area contributed by atoms with Crippen molar-refractivity contribution in [3.63, 3.8) is 0 Å². The lowest BCUT2D eigenvalue weighted by molar-refractivity contribution is 0.0944. The molecule has 0 bridgehead atoms. The van der Waals surface area contributed by atoms with E-state index in [0.29, 0.717) is 17.9 Å². The van der Waals surface area contributed by atoms with E-state index in [1.807, 2.05) is 42.6 Å². The molecule has 0 saturated carbocycles. The van der Waals surface area contributed by atoms with E-state index in [-0.39, 0.29) is 19.1 Å². The first-order valence-corrected chi connectivity index (χ1v) is 7.98. The summed E-state index contributed by atoms with van der Waals surface area (Å²) in [6, 6.07) is 18.6. The highest BCUT2D eigenvalue weighted by Gasteiger charge is 2.06. The molecule has 25 heavy (non-hydrogen) atoms. The molecule has 1 amide bonds. The van der Waals surface area contributed by atoms with Gasteiger partial charge in [-0.1, -0.05) is 18.2 Å². The Morgan fingerprint density at radius 1 is 1.08 bits per heavy atom. The van der Waals surface area contributed by atoms with Crippen molar-refractivity contribution in [3.05, 3.63) is 78.1 Å². The van der Waals surface area contributed by atoms with Crippen LogP contribution in [0.4, 0.5) is 0 Å². The Hall–Kier alpha value is -3.12. The van der Waals surface area contributed by atoms with E-state index >= 15 is 0 Å². The summed E-state index contributed by atoms with van der Waals surface area (Å²) in [5.41, 5.74) is 2.33. The minimum absolute atomic E-state index is 0.0808. The quantitative estimate of drug-likeness (QED) is 0.693. The maximum atomic E-state index is 11.8. The molecule has 6 nitrogen and oxygen atoms in total. The molecule has 0 atom stereocenters. The lowest BCUT2D eigenvalue weighted by Crippen LogP contribution is -2.26. The Balaban J connectivity index is 1.57. The summed E-state index contributed by atoms with van der Waals surface area (Å²) in [4.78, 5) is 11.8. The Kier molecular flexibility index (Phi) is 5.43. The summed E-state index contributed by atoms with van der Waals surface area (Å²) in [7, 11) is 0. The fourth-order valence-corrected chi connectivity index (χ4v) is 2.29. The predicted molar refractivity (Wildman–Crippen MR) is 93.8 cm³/mol. The number of nitrogens with zero attached hydrogens (tertiary/aromatic N) is 2. The number of rotatable bonds is 7. The number of amides is 1. The molecule has 0 spiro atoms. The van der Waals surface area contributed by atoms with Crippen molar-refractivity contribution < 1.29 is 14.6 Å². The summed E-state index contributed by atoms with van der Waals surface area (Å²) in [6.07, 6.45) is 1.89. The van der Waals surface area contributed by atoms with Crippen molar-refractivity contribution in [1.82, 2.24) is 15.1 Å². The number of ether oxygens (including phenoxy) is 1. The molecule has 0 radical (unpaired) electrons. The molecule has 128 valence electrons. The molecule has 2 N–H and O–H groups in total. The summed E-state index contributed by atoms with van der Waals surface area (Å²) in [5.74, 6) is 0.440. The highest BCUT2D eigenvalue weighted by molar-refractivity contribution is 5.94. The monoisotopic (exact) mass is 337 g/mol. The van der Waals surface area contributed by atoms with Gasteiger partial charge in [0.15, 0.2) is 0 Å². The Labute approximate surface area is 145 Å². The fraction of sp³-hybridized carbons (Fsp3) is 0.158. The van der Waals surface area contributed by atoms with Crippen LogP contribution in [0.3, 0.4) is 0 Å². The molecule has 0 fully saturated rings. The molecule has 0 aliphatic carbocycles. The number of aliphatic hydroxyl groups is 1. The van der Waals surface area contributed by atoms with Gasteiger partial charge in [0.05, 0.1) is 12.3 Å². The third kappa shape index (κ3) is 4.45. The molecule has 0 saturated heterocycles. The minimum atomic E-state index is -0.220. The molecule has 0 aliphatic heterocycles. The summed E-state index contributed by atoms with van der Waals surface area (Å²) in [5, 5.41) is 15.8. The van der Waals surface area contributed by atoms with Crippen LogP contribution in [0, 0.1) is 0 Å². The van der Waals surface area contributed by atoms with Crippen LogP contribution < -0.4 is 10.1 Å². The second-order valence-corrected chi connectivity index (χ2v) is 5.38. The number of hydrogen-bond acceptors (Lipinski definition) is 4. The van der Waals surface area contributed by atoms with E-state index in [0.717, 1.165) is 11.4 Å². The molecule has 1 heterocycles. The number of carbonyl (C=O) groups excluding carboxylic acids is 1. The van der Waals surface area contributed by atoms with Gasteiger partial charge >= 0.3 is 0 Å². The smallest absolute Gasteiger partial charge is 0.251 e. The molecule has 1 aromatic heterocycles. The highest BCUT2D eigenvalue weighted by Crippen LogP contribution is 2.14. The molecular formula is C19H19N3O3. The summed E-state index contributed by atoms with van der Waals surface area (Å²) < 4.78 is 7.51. The van der Waals surface area contributed by atoms with Crippen LogP contribution in [-0.4, -0.2) is 33.9 Å². The van der Waals surface area contributed by atoms with Gasteiger partial charge in [0.2, 0.25) is 0 Å². The topological polar surface area (TPSA) is 76.4 Å². The van der Waals surface area contributed by atoms with Crippen molar-refractivity contribution in [3.8, 4) is 11.4 Å². The average Bonchev–Trinajstić information content (AvgIpc) is 3.14. The third-order valence-corrected chi connectivity index (χ3v) is 3.57. The van der Waals surface area contributed by atoms with Gasteiger partial charge in [0, 0.05) is 18.3 Å². The Morgan fingerprint density at radius 2 is 1.84 bits per heavy atom. The standard InChI is InChI=1S/C19H19N3O3/c23-13-11-20-19(24)15-6-8-18(9-7-15)25-14-16-10-12-22(21-16)17-4-2-1-3-5-17/h1-10,12,23H,11,13-14H2,(H,20,24). The minimum Gasteiger partial charge on any atom is -0.487 e. The van der Waals surface area contributed by atoms with Crippen LogP contribution >= 0.6 is 0 Å². The number of carbonyl (C=O) groups is 1. The van der Waals surface area contributed by atoms with Gasteiger partial charge < -0.3 is 15.2 Å². The first-order chi connectivity index (χ1) is 12.3. The second-order valence-electron chi connectivity index (χ2n) is 5.38. The van der Waals surface area contributed by atoms with E-state index in [1.54, 1.807) is 28.9 Å². The van der Waals surface area contributed by atoms with Crippen molar-refractivity contribution in [2.45, 2.75) is 6.61 Å². The van der Waals surface area contributed by atoms with Crippen molar-refractivity contribution in [1.29, 1.82) is 0 Å². The summed E-state index contributed by atoms with van der Waals surface area (Å²) in [6.45, 7) is 0.500. The predicted octanol–water partition coefficient (Wildman–Crippen LogP) is 2.17. The van der Waals surface area contributed by atoms with Crippen LogP contribution in [0.1, 0.15) is 16.1 Å². The Bertz CT molecular complexity index is 813. The van der Waals surface area contributed by atoms with Gasteiger partial charge in [0.1, 0.15) is 18.1 Å². The first-order valence-electron chi connectivity index (χ1n) is 7.98. The van der Waals surface area contributed by atoms with Gasteiger partial charge in [-0.25, -0.2) is 4.68 Å². The average molecular weight is 337 g/mol. The maximum Gasteiger partial charge on any atom is 0.251 e. The van der Waals surface area contributed by atoms with Crippen LogP contribution in [0.15, 0.2) is 66.9 Å². The zero-order valence-corrected chi connectivity index (χ0v) is 13.6. The van der Waals surface area contributed by atoms with Crippen LogP contribution in [0.5, 0.6) is 5.75 Å². The molecule has 0 unspecified atom stereocenters. The largest absolute Gasteiger partial charge is 0.487 e. The third-order valence-electron chi connectivity index (χ3n) is 3.57. The molecule has 3 aromatic rings.